The van der Waals surface area contributed by atoms with E-state index in [9.17, 15) is 27.9 Å². The van der Waals surface area contributed by atoms with Gasteiger partial charge in [0.05, 0.1) is 18.4 Å². The monoisotopic (exact) mass is 517 g/mol. The maximum Gasteiger partial charge on any atom is 0.422 e. The Hall–Kier alpha value is -3.92. The molecule has 0 bridgehead atoms. The minimum atomic E-state index is -5.37. The van der Waals surface area contributed by atoms with Crippen LogP contribution in [0, 0.1) is 5.82 Å². The molecule has 194 valence electrons. The summed E-state index contributed by atoms with van der Waals surface area (Å²) in [5.41, 5.74) is -4.24. The Morgan fingerprint density at radius 1 is 1.11 bits per heavy atom. The molecule has 0 aromatic heterocycles. The van der Waals surface area contributed by atoms with E-state index in [0.29, 0.717) is 11.1 Å². The minimum Gasteiger partial charge on any atom is -0.481 e. The summed E-state index contributed by atoms with van der Waals surface area (Å²) >= 11 is 0. The number of halogens is 4. The molecular weight excluding hydrogens is 494 g/mol. The van der Waals surface area contributed by atoms with E-state index >= 15 is 4.39 Å². The molecule has 0 radical (unpaired) electrons. The standard InChI is InChI=1S/C27H23F4NO5/c1-15(19-11-17(25(34)36-3)9-10-18(19)16-7-5-4-6-8-16)26(35,27(29,30)31)20-12-22-23(13-21(20)28)37-14-24(33)32(22)2/h4-13,15,35H,14H2,1-3H3. The molecule has 0 saturated carbocycles. The summed E-state index contributed by atoms with van der Waals surface area (Å²) in [6.45, 7) is 0.698. The topological polar surface area (TPSA) is 76.1 Å². The first-order chi connectivity index (χ1) is 17.4. The Balaban J connectivity index is 1.97. The second-order valence-electron chi connectivity index (χ2n) is 8.69. The molecule has 0 saturated heterocycles. The molecule has 3 aromatic rings. The van der Waals surface area contributed by atoms with Crippen molar-refractivity contribution in [2.45, 2.75) is 24.6 Å². The van der Waals surface area contributed by atoms with Crippen molar-refractivity contribution in [3.8, 4) is 16.9 Å². The SMILES string of the molecule is COC(=O)c1ccc(-c2ccccc2)c(C(C)C(O)(c2cc3c(cc2F)OCC(=O)N3C)C(F)(F)F)c1. The first-order valence-corrected chi connectivity index (χ1v) is 11.2. The van der Waals surface area contributed by atoms with Crippen molar-refractivity contribution >= 4 is 17.6 Å². The molecule has 1 aliphatic heterocycles. The second-order valence-corrected chi connectivity index (χ2v) is 8.69. The van der Waals surface area contributed by atoms with Crippen LogP contribution >= 0.6 is 0 Å². The highest BCUT2D eigenvalue weighted by molar-refractivity contribution is 5.97. The summed E-state index contributed by atoms with van der Waals surface area (Å²) in [4.78, 5) is 25.3. The van der Waals surface area contributed by atoms with Crippen LogP contribution in [0.2, 0.25) is 0 Å². The lowest BCUT2D eigenvalue weighted by Gasteiger charge is -2.38. The number of hydrogen-bond acceptors (Lipinski definition) is 5. The van der Waals surface area contributed by atoms with Gasteiger partial charge in [-0.1, -0.05) is 43.3 Å². The number of esters is 1. The number of hydrogen-bond donors (Lipinski definition) is 1. The summed E-state index contributed by atoms with van der Waals surface area (Å²) in [5, 5.41) is 11.4. The smallest absolute Gasteiger partial charge is 0.422 e. The number of fused-ring (bicyclic) bond motifs is 1. The zero-order valence-electron chi connectivity index (χ0n) is 20.1. The van der Waals surface area contributed by atoms with E-state index in [1.165, 1.54) is 25.2 Å². The number of ether oxygens (including phenoxy) is 2. The average molecular weight is 517 g/mol. The highest BCUT2D eigenvalue weighted by atomic mass is 19.4. The summed E-state index contributed by atoms with van der Waals surface area (Å²) < 4.78 is 69.4. The Labute approximate surface area is 210 Å². The normalized spacial score (nSPS) is 15.9. The van der Waals surface area contributed by atoms with Gasteiger partial charge in [-0.25, -0.2) is 9.18 Å². The number of aliphatic hydroxyl groups is 1. The lowest BCUT2D eigenvalue weighted by Crippen LogP contribution is -2.47. The van der Waals surface area contributed by atoms with Crippen molar-refractivity contribution < 1.29 is 41.7 Å². The van der Waals surface area contributed by atoms with E-state index in [4.69, 9.17) is 9.47 Å². The van der Waals surface area contributed by atoms with Gasteiger partial charge in [0.15, 0.2) is 12.2 Å². The molecule has 4 rings (SSSR count). The fraction of sp³-hybridized carbons (Fsp3) is 0.259. The molecule has 37 heavy (non-hydrogen) atoms. The molecule has 1 N–H and O–H groups in total. The van der Waals surface area contributed by atoms with Crippen LogP contribution in [0.4, 0.5) is 23.2 Å². The highest BCUT2D eigenvalue weighted by Crippen LogP contribution is 2.52. The summed E-state index contributed by atoms with van der Waals surface area (Å²) in [7, 11) is 2.44. The zero-order valence-corrected chi connectivity index (χ0v) is 20.1. The summed E-state index contributed by atoms with van der Waals surface area (Å²) in [5.74, 6) is -4.64. The molecule has 6 nitrogen and oxygen atoms in total. The minimum absolute atomic E-state index is 0.0433. The average Bonchev–Trinajstić information content (AvgIpc) is 2.88. The third-order valence-electron chi connectivity index (χ3n) is 6.63. The van der Waals surface area contributed by atoms with Crippen LogP contribution in [0.25, 0.3) is 11.1 Å². The van der Waals surface area contributed by atoms with Crippen molar-refractivity contribution in [1.82, 2.24) is 0 Å². The van der Waals surface area contributed by atoms with Crippen LogP contribution < -0.4 is 9.64 Å². The van der Waals surface area contributed by atoms with E-state index < -0.39 is 47.6 Å². The number of nitrogens with zero attached hydrogens (tertiary/aromatic N) is 1. The Morgan fingerprint density at radius 3 is 2.41 bits per heavy atom. The maximum atomic E-state index is 15.3. The van der Waals surface area contributed by atoms with Gasteiger partial charge in [0.1, 0.15) is 11.6 Å². The largest absolute Gasteiger partial charge is 0.481 e. The van der Waals surface area contributed by atoms with Crippen LogP contribution in [0.1, 0.15) is 34.3 Å². The van der Waals surface area contributed by atoms with E-state index in [1.54, 1.807) is 30.3 Å². The number of benzene rings is 3. The number of carbonyl (C=O) groups is 2. The van der Waals surface area contributed by atoms with Crippen molar-refractivity contribution in [1.29, 1.82) is 0 Å². The molecule has 1 heterocycles. The van der Waals surface area contributed by atoms with Gasteiger partial charge >= 0.3 is 12.1 Å². The predicted molar refractivity (Wildman–Crippen MR) is 127 cm³/mol. The fourth-order valence-electron chi connectivity index (χ4n) is 4.49. The van der Waals surface area contributed by atoms with Crippen molar-refractivity contribution in [2.75, 3.05) is 25.7 Å². The molecule has 3 aromatic carbocycles. The number of methoxy groups -OCH3 is 1. The molecular formula is C27H23F4NO5. The van der Waals surface area contributed by atoms with E-state index in [2.05, 4.69) is 0 Å². The van der Waals surface area contributed by atoms with Gasteiger partial charge in [-0.15, -0.1) is 0 Å². The summed E-state index contributed by atoms with van der Waals surface area (Å²) in [6, 6.07) is 14.0. The molecule has 1 aliphatic rings. The third-order valence-corrected chi connectivity index (χ3v) is 6.63. The number of alkyl halides is 3. The first kappa shape index (κ1) is 26.2. The van der Waals surface area contributed by atoms with Crippen LogP contribution in [-0.2, 0) is 15.1 Å². The van der Waals surface area contributed by atoms with Crippen molar-refractivity contribution in [3.05, 3.63) is 83.2 Å². The molecule has 0 fully saturated rings. The quantitative estimate of drug-likeness (QED) is 0.373. The number of anilines is 1. The molecule has 1 amide bonds. The van der Waals surface area contributed by atoms with Gasteiger partial charge < -0.3 is 19.5 Å². The zero-order chi connectivity index (χ0) is 27.1. The van der Waals surface area contributed by atoms with Gasteiger partial charge in [-0.05, 0) is 34.9 Å². The van der Waals surface area contributed by atoms with Crippen LogP contribution in [-0.4, -0.2) is 43.9 Å². The predicted octanol–water partition coefficient (Wildman–Crippen LogP) is 5.19. The van der Waals surface area contributed by atoms with Crippen molar-refractivity contribution in [2.24, 2.45) is 0 Å². The molecule has 0 aliphatic carbocycles. The molecule has 0 spiro atoms. The van der Waals surface area contributed by atoms with E-state index in [-0.39, 0.29) is 22.6 Å². The number of carbonyl (C=O) groups excluding carboxylic acids is 2. The maximum absolute atomic E-state index is 15.3. The Kier molecular flexibility index (Phi) is 6.72. The van der Waals surface area contributed by atoms with Crippen LogP contribution in [0.3, 0.4) is 0 Å². The number of rotatable bonds is 5. The van der Waals surface area contributed by atoms with Gasteiger partial charge in [0.2, 0.25) is 0 Å². The van der Waals surface area contributed by atoms with Gasteiger partial charge in [-0.2, -0.15) is 13.2 Å². The second kappa shape index (κ2) is 9.51. The fourth-order valence-corrected chi connectivity index (χ4v) is 4.49. The van der Waals surface area contributed by atoms with Gasteiger partial charge in [0.25, 0.3) is 5.91 Å². The van der Waals surface area contributed by atoms with Crippen LogP contribution in [0.15, 0.2) is 60.7 Å². The number of likely N-dealkylation sites (N-methyl/N-ethyl adjacent to an activating group) is 1. The lowest BCUT2D eigenvalue weighted by atomic mass is 9.75. The van der Waals surface area contributed by atoms with E-state index in [1.807, 2.05) is 0 Å². The van der Waals surface area contributed by atoms with Crippen LogP contribution in [0.5, 0.6) is 5.75 Å². The highest BCUT2D eigenvalue weighted by Gasteiger charge is 2.60. The van der Waals surface area contributed by atoms with E-state index in [0.717, 1.165) is 31.1 Å². The molecule has 2 unspecified atom stereocenters. The molecule has 10 heteroatoms. The molecule has 2 atom stereocenters. The number of amides is 1. The first-order valence-electron chi connectivity index (χ1n) is 11.2. The Bertz CT molecular complexity index is 1360. The Morgan fingerprint density at radius 2 is 1.78 bits per heavy atom. The summed E-state index contributed by atoms with van der Waals surface area (Å²) in [6.07, 6.45) is -5.37. The third kappa shape index (κ3) is 4.42. The van der Waals surface area contributed by atoms with Gasteiger partial charge in [0, 0.05) is 24.6 Å². The lowest BCUT2D eigenvalue weighted by molar-refractivity contribution is -0.275. The van der Waals surface area contributed by atoms with Crippen molar-refractivity contribution in [3.63, 3.8) is 0 Å². The van der Waals surface area contributed by atoms with Gasteiger partial charge in [-0.3, -0.25) is 4.79 Å².